The van der Waals surface area contributed by atoms with Gasteiger partial charge in [-0.15, -0.1) is 11.3 Å². The van der Waals surface area contributed by atoms with Crippen LogP contribution in [0, 0.1) is 5.92 Å². The van der Waals surface area contributed by atoms with E-state index in [0.29, 0.717) is 5.92 Å². The summed E-state index contributed by atoms with van der Waals surface area (Å²) in [6.07, 6.45) is 6.08. The SMILES string of the molecule is CC(O)(c1scnc1Br)C1CCCCC1. The van der Waals surface area contributed by atoms with Crippen LogP contribution in [0.3, 0.4) is 0 Å². The van der Waals surface area contributed by atoms with Crippen LogP contribution in [0.5, 0.6) is 0 Å². The van der Waals surface area contributed by atoms with Gasteiger partial charge in [-0.1, -0.05) is 19.3 Å². The Morgan fingerprint density at radius 3 is 2.67 bits per heavy atom. The van der Waals surface area contributed by atoms with E-state index >= 15 is 0 Å². The van der Waals surface area contributed by atoms with Gasteiger partial charge < -0.3 is 5.11 Å². The van der Waals surface area contributed by atoms with Gasteiger partial charge in [0, 0.05) is 0 Å². The molecule has 4 heteroatoms. The number of thiazole rings is 1. The standard InChI is InChI=1S/C11H16BrNOS/c1-11(14,8-5-3-2-4-6-8)9-10(12)13-7-15-9/h7-8,14H,2-6H2,1H3. The fourth-order valence-corrected chi connectivity index (χ4v) is 4.15. The molecule has 1 atom stereocenters. The number of aliphatic hydroxyl groups is 1. The van der Waals surface area contributed by atoms with Gasteiger partial charge >= 0.3 is 0 Å². The Morgan fingerprint density at radius 1 is 1.47 bits per heavy atom. The minimum Gasteiger partial charge on any atom is -0.384 e. The highest BCUT2D eigenvalue weighted by atomic mass is 79.9. The Labute approximate surface area is 103 Å². The lowest BCUT2D eigenvalue weighted by Crippen LogP contribution is -2.32. The van der Waals surface area contributed by atoms with Crippen LogP contribution < -0.4 is 0 Å². The maximum atomic E-state index is 10.6. The van der Waals surface area contributed by atoms with E-state index in [1.54, 1.807) is 16.8 Å². The number of rotatable bonds is 2. The number of hydrogen-bond acceptors (Lipinski definition) is 3. The summed E-state index contributed by atoms with van der Waals surface area (Å²) in [6.45, 7) is 1.93. The van der Waals surface area contributed by atoms with Gasteiger partial charge in [-0.05, 0) is 41.6 Å². The zero-order valence-electron chi connectivity index (χ0n) is 8.87. The van der Waals surface area contributed by atoms with E-state index in [1.807, 2.05) is 6.92 Å². The van der Waals surface area contributed by atoms with E-state index < -0.39 is 5.60 Å². The van der Waals surface area contributed by atoms with Gasteiger partial charge in [0.15, 0.2) is 0 Å². The molecule has 0 aliphatic heterocycles. The molecule has 1 fully saturated rings. The van der Waals surface area contributed by atoms with Crippen LogP contribution >= 0.6 is 27.3 Å². The highest BCUT2D eigenvalue weighted by Gasteiger charge is 2.37. The Hall–Kier alpha value is 0.0700. The molecule has 0 amide bonds. The van der Waals surface area contributed by atoms with Crippen molar-refractivity contribution < 1.29 is 5.11 Å². The number of hydrogen-bond donors (Lipinski definition) is 1. The van der Waals surface area contributed by atoms with Crippen LogP contribution in [0.2, 0.25) is 0 Å². The van der Waals surface area contributed by atoms with E-state index in [9.17, 15) is 5.11 Å². The van der Waals surface area contributed by atoms with Gasteiger partial charge in [0.05, 0.1) is 10.4 Å². The lowest BCUT2D eigenvalue weighted by atomic mass is 9.77. The molecule has 1 heterocycles. The molecule has 2 nitrogen and oxygen atoms in total. The minimum atomic E-state index is -0.708. The first-order valence-corrected chi connectivity index (χ1v) is 7.11. The van der Waals surface area contributed by atoms with Crippen molar-refractivity contribution in [3.05, 3.63) is 15.0 Å². The minimum absolute atomic E-state index is 0.392. The largest absolute Gasteiger partial charge is 0.384 e. The number of halogens is 1. The van der Waals surface area contributed by atoms with Crippen LogP contribution in [0.25, 0.3) is 0 Å². The van der Waals surface area contributed by atoms with E-state index in [1.165, 1.54) is 19.3 Å². The third-order valence-corrected chi connectivity index (χ3v) is 5.30. The highest BCUT2D eigenvalue weighted by molar-refractivity contribution is 9.10. The van der Waals surface area contributed by atoms with Crippen molar-refractivity contribution >= 4 is 27.3 Å². The molecule has 1 unspecified atom stereocenters. The predicted molar refractivity (Wildman–Crippen MR) is 66.0 cm³/mol. The second kappa shape index (κ2) is 4.52. The van der Waals surface area contributed by atoms with Crippen molar-refractivity contribution in [1.82, 2.24) is 4.98 Å². The molecule has 0 radical (unpaired) electrons. The van der Waals surface area contributed by atoms with E-state index in [4.69, 9.17) is 0 Å². The molecule has 0 bridgehead atoms. The maximum Gasteiger partial charge on any atom is 0.123 e. The number of nitrogens with zero attached hydrogens (tertiary/aromatic N) is 1. The lowest BCUT2D eigenvalue weighted by Gasteiger charge is -2.34. The van der Waals surface area contributed by atoms with E-state index in [2.05, 4.69) is 20.9 Å². The molecule has 1 aliphatic rings. The first-order chi connectivity index (χ1) is 7.12. The molecule has 84 valence electrons. The van der Waals surface area contributed by atoms with Gasteiger partial charge in [0.1, 0.15) is 10.2 Å². The summed E-state index contributed by atoms with van der Waals surface area (Å²) in [7, 11) is 0. The molecule has 1 aromatic rings. The molecular formula is C11H16BrNOS. The molecule has 1 saturated carbocycles. The fourth-order valence-electron chi connectivity index (χ4n) is 2.41. The second-order valence-corrected chi connectivity index (χ2v) is 6.06. The summed E-state index contributed by atoms with van der Waals surface area (Å²) < 4.78 is 0.808. The zero-order chi connectivity index (χ0) is 10.9. The van der Waals surface area contributed by atoms with Gasteiger partial charge in [-0.25, -0.2) is 4.98 Å². The van der Waals surface area contributed by atoms with Gasteiger partial charge in [0.25, 0.3) is 0 Å². The third kappa shape index (κ3) is 2.27. The van der Waals surface area contributed by atoms with E-state index in [0.717, 1.165) is 22.3 Å². The quantitative estimate of drug-likeness (QED) is 0.901. The van der Waals surface area contributed by atoms with Crippen molar-refractivity contribution in [2.24, 2.45) is 5.92 Å². The normalized spacial score (nSPS) is 22.6. The Morgan fingerprint density at radius 2 is 2.13 bits per heavy atom. The van der Waals surface area contributed by atoms with Gasteiger partial charge in [-0.3, -0.25) is 0 Å². The third-order valence-electron chi connectivity index (χ3n) is 3.38. The smallest absolute Gasteiger partial charge is 0.123 e. The molecule has 15 heavy (non-hydrogen) atoms. The fraction of sp³-hybridized carbons (Fsp3) is 0.727. The van der Waals surface area contributed by atoms with Crippen molar-refractivity contribution in [2.45, 2.75) is 44.6 Å². The maximum absolute atomic E-state index is 10.6. The van der Waals surface area contributed by atoms with Crippen molar-refractivity contribution in [3.63, 3.8) is 0 Å². The average Bonchev–Trinajstić information content (AvgIpc) is 2.66. The first-order valence-electron chi connectivity index (χ1n) is 5.44. The summed E-state index contributed by atoms with van der Waals surface area (Å²) in [5.41, 5.74) is 1.08. The summed E-state index contributed by atoms with van der Waals surface area (Å²) in [4.78, 5) is 5.13. The molecule has 1 aromatic heterocycles. The molecule has 0 saturated heterocycles. The predicted octanol–water partition coefficient (Wildman–Crippen LogP) is 3.69. The first kappa shape index (κ1) is 11.6. The average molecular weight is 290 g/mol. The summed E-state index contributed by atoms with van der Waals surface area (Å²) in [5.74, 6) is 0.392. The van der Waals surface area contributed by atoms with Crippen molar-refractivity contribution in [1.29, 1.82) is 0 Å². The van der Waals surface area contributed by atoms with Crippen molar-refractivity contribution in [2.75, 3.05) is 0 Å². The van der Waals surface area contributed by atoms with Gasteiger partial charge in [0.2, 0.25) is 0 Å². The monoisotopic (exact) mass is 289 g/mol. The molecular weight excluding hydrogens is 274 g/mol. The molecule has 0 aromatic carbocycles. The lowest BCUT2D eigenvalue weighted by molar-refractivity contribution is -0.0190. The highest BCUT2D eigenvalue weighted by Crippen LogP contribution is 2.42. The van der Waals surface area contributed by atoms with Gasteiger partial charge in [-0.2, -0.15) is 0 Å². The van der Waals surface area contributed by atoms with Crippen LogP contribution in [-0.4, -0.2) is 10.1 Å². The summed E-state index contributed by atoms with van der Waals surface area (Å²) in [5, 5.41) is 10.6. The molecule has 1 N–H and O–H groups in total. The van der Waals surface area contributed by atoms with Crippen molar-refractivity contribution in [3.8, 4) is 0 Å². The Kier molecular flexibility index (Phi) is 3.48. The van der Waals surface area contributed by atoms with E-state index in [-0.39, 0.29) is 0 Å². The molecule has 1 aliphatic carbocycles. The molecule has 0 spiro atoms. The topological polar surface area (TPSA) is 33.1 Å². The van der Waals surface area contributed by atoms with Crippen LogP contribution in [-0.2, 0) is 5.60 Å². The Bertz CT molecular complexity index is 331. The van der Waals surface area contributed by atoms with Crippen LogP contribution in [0.1, 0.15) is 43.9 Å². The number of aromatic nitrogens is 1. The van der Waals surface area contributed by atoms with Crippen LogP contribution in [0.15, 0.2) is 10.1 Å². The molecule has 2 rings (SSSR count). The van der Waals surface area contributed by atoms with Crippen LogP contribution in [0.4, 0.5) is 0 Å². The zero-order valence-corrected chi connectivity index (χ0v) is 11.3. The summed E-state index contributed by atoms with van der Waals surface area (Å²) >= 11 is 4.95. The summed E-state index contributed by atoms with van der Waals surface area (Å²) in [6, 6.07) is 0. The Balaban J connectivity index is 2.21. The second-order valence-electron chi connectivity index (χ2n) is 4.45.